The van der Waals surface area contributed by atoms with Crippen LogP contribution in [0.3, 0.4) is 0 Å². The van der Waals surface area contributed by atoms with Gasteiger partial charge in [-0.05, 0) is 32.9 Å². The Balaban J connectivity index is 2.81. The van der Waals surface area contributed by atoms with Crippen molar-refractivity contribution in [1.82, 2.24) is 5.32 Å². The van der Waals surface area contributed by atoms with Crippen molar-refractivity contribution in [1.29, 1.82) is 0 Å². The first-order chi connectivity index (χ1) is 7.41. The highest BCUT2D eigenvalue weighted by Gasteiger charge is 1.91. The number of hydrogen-bond donors (Lipinski definition) is 1. The van der Waals surface area contributed by atoms with E-state index in [1.165, 1.54) is 51.4 Å². The van der Waals surface area contributed by atoms with Crippen LogP contribution >= 0.6 is 0 Å². The molecule has 0 saturated heterocycles. The fourth-order valence-corrected chi connectivity index (χ4v) is 1.59. The zero-order valence-corrected chi connectivity index (χ0v) is 10.7. The Hall–Kier alpha value is -0.0800. The van der Waals surface area contributed by atoms with Gasteiger partial charge in [-0.15, -0.1) is 0 Å². The molecule has 0 heterocycles. The van der Waals surface area contributed by atoms with Crippen molar-refractivity contribution in [3.8, 4) is 0 Å². The first kappa shape index (κ1) is 14.9. The molecule has 0 aromatic rings. The lowest BCUT2D eigenvalue weighted by Gasteiger charge is -2.04. The smallest absolute Gasteiger partial charge is 0.0466 e. The Kier molecular flexibility index (Phi) is 13.8. The van der Waals surface area contributed by atoms with Gasteiger partial charge in [-0.1, -0.05) is 39.0 Å². The summed E-state index contributed by atoms with van der Waals surface area (Å²) in [6.45, 7) is 5.33. The summed E-state index contributed by atoms with van der Waals surface area (Å²) in [6, 6.07) is 0. The van der Waals surface area contributed by atoms with Gasteiger partial charge in [-0.3, -0.25) is 0 Å². The molecule has 0 bridgehead atoms. The molecule has 0 aromatic heterocycles. The van der Waals surface area contributed by atoms with Crippen molar-refractivity contribution in [3.05, 3.63) is 0 Å². The summed E-state index contributed by atoms with van der Waals surface area (Å²) in [6.07, 6.45) is 10.4. The summed E-state index contributed by atoms with van der Waals surface area (Å²) in [5.41, 5.74) is 0. The molecule has 0 aromatic carbocycles. The van der Waals surface area contributed by atoms with Crippen LogP contribution in [-0.4, -0.2) is 26.8 Å². The monoisotopic (exact) mass is 215 g/mol. The molecule has 0 unspecified atom stereocenters. The molecule has 0 radical (unpaired) electrons. The highest BCUT2D eigenvalue weighted by Crippen LogP contribution is 2.01. The van der Waals surface area contributed by atoms with Gasteiger partial charge >= 0.3 is 0 Å². The minimum atomic E-state index is 0.964. The van der Waals surface area contributed by atoms with Crippen LogP contribution in [0.2, 0.25) is 0 Å². The van der Waals surface area contributed by atoms with Gasteiger partial charge in [0.25, 0.3) is 0 Å². The summed E-state index contributed by atoms with van der Waals surface area (Å²) >= 11 is 0. The van der Waals surface area contributed by atoms with Crippen LogP contribution in [0.15, 0.2) is 0 Å². The number of nitrogens with one attached hydrogen (secondary N) is 1. The Morgan fingerprint density at radius 2 is 1.40 bits per heavy atom. The third kappa shape index (κ3) is 13.9. The molecule has 92 valence electrons. The predicted octanol–water partition coefficient (Wildman–Crippen LogP) is 3.36. The van der Waals surface area contributed by atoms with E-state index in [0.717, 1.165) is 19.8 Å². The lowest BCUT2D eigenvalue weighted by atomic mass is 10.2. The largest absolute Gasteiger partial charge is 0.381 e. The van der Waals surface area contributed by atoms with Gasteiger partial charge in [0, 0.05) is 13.2 Å². The van der Waals surface area contributed by atoms with Crippen molar-refractivity contribution < 1.29 is 4.74 Å². The summed E-state index contributed by atoms with van der Waals surface area (Å²) in [4.78, 5) is 0. The summed E-state index contributed by atoms with van der Waals surface area (Å²) in [5.74, 6) is 0. The van der Waals surface area contributed by atoms with Gasteiger partial charge in [0.05, 0.1) is 0 Å². The second kappa shape index (κ2) is 13.9. The minimum absolute atomic E-state index is 0.964. The number of unbranched alkanes of at least 4 members (excludes halogenated alkanes) is 6. The topological polar surface area (TPSA) is 21.3 Å². The van der Waals surface area contributed by atoms with E-state index in [2.05, 4.69) is 12.2 Å². The molecule has 0 aliphatic heterocycles. The molecule has 0 spiro atoms. The molecule has 15 heavy (non-hydrogen) atoms. The van der Waals surface area contributed by atoms with Crippen LogP contribution in [0.5, 0.6) is 0 Å². The van der Waals surface area contributed by atoms with E-state index in [1.807, 2.05) is 7.05 Å². The minimum Gasteiger partial charge on any atom is -0.381 e. The van der Waals surface area contributed by atoms with Gasteiger partial charge in [0.2, 0.25) is 0 Å². The first-order valence-electron chi connectivity index (χ1n) is 6.64. The summed E-state index contributed by atoms with van der Waals surface area (Å²) in [5, 5.41) is 3.17. The van der Waals surface area contributed by atoms with E-state index in [4.69, 9.17) is 4.74 Å². The molecule has 0 fully saturated rings. The molecule has 0 aliphatic rings. The van der Waals surface area contributed by atoms with Crippen LogP contribution in [0.1, 0.15) is 58.3 Å². The van der Waals surface area contributed by atoms with E-state index in [1.54, 1.807) is 0 Å². The van der Waals surface area contributed by atoms with Gasteiger partial charge in [-0.2, -0.15) is 0 Å². The number of hydrogen-bond acceptors (Lipinski definition) is 2. The Labute approximate surface area is 95.8 Å². The highest BCUT2D eigenvalue weighted by molar-refractivity contribution is 4.45. The Bertz CT molecular complexity index is 94.7. The molecule has 0 aliphatic carbocycles. The zero-order chi connectivity index (χ0) is 11.2. The quantitative estimate of drug-likeness (QED) is 0.504. The molecule has 0 atom stereocenters. The van der Waals surface area contributed by atoms with Gasteiger partial charge < -0.3 is 10.1 Å². The molecule has 0 saturated carbocycles. The fraction of sp³-hybridized carbons (Fsp3) is 1.00. The van der Waals surface area contributed by atoms with Crippen LogP contribution in [0, 0.1) is 0 Å². The van der Waals surface area contributed by atoms with Crippen molar-refractivity contribution in [3.63, 3.8) is 0 Å². The normalized spacial score (nSPS) is 10.8. The van der Waals surface area contributed by atoms with E-state index in [9.17, 15) is 0 Å². The van der Waals surface area contributed by atoms with Crippen LogP contribution in [0.25, 0.3) is 0 Å². The Morgan fingerprint density at radius 1 is 0.800 bits per heavy atom. The molecule has 0 amide bonds. The molecule has 1 N–H and O–H groups in total. The third-order valence-corrected chi connectivity index (χ3v) is 2.61. The molecular formula is C13H29NO. The average Bonchev–Trinajstić information content (AvgIpc) is 2.26. The maximum absolute atomic E-state index is 5.57. The van der Waals surface area contributed by atoms with Gasteiger partial charge in [0.1, 0.15) is 0 Å². The van der Waals surface area contributed by atoms with E-state index < -0.39 is 0 Å². The fourth-order valence-electron chi connectivity index (χ4n) is 1.59. The zero-order valence-electron chi connectivity index (χ0n) is 10.7. The van der Waals surface area contributed by atoms with Crippen molar-refractivity contribution in [2.45, 2.75) is 58.3 Å². The highest BCUT2D eigenvalue weighted by atomic mass is 16.5. The van der Waals surface area contributed by atoms with Crippen molar-refractivity contribution >= 4 is 0 Å². The lowest BCUT2D eigenvalue weighted by molar-refractivity contribution is 0.126. The molecular weight excluding hydrogens is 186 g/mol. The van der Waals surface area contributed by atoms with E-state index >= 15 is 0 Å². The van der Waals surface area contributed by atoms with E-state index in [0.29, 0.717) is 0 Å². The predicted molar refractivity (Wildman–Crippen MR) is 67.4 cm³/mol. The van der Waals surface area contributed by atoms with Crippen LogP contribution in [-0.2, 0) is 4.74 Å². The number of ether oxygens (including phenoxy) is 1. The second-order valence-electron chi connectivity index (χ2n) is 4.19. The summed E-state index contributed by atoms with van der Waals surface area (Å²) in [7, 11) is 2.01. The first-order valence-corrected chi connectivity index (χ1v) is 6.64. The second-order valence-corrected chi connectivity index (χ2v) is 4.19. The number of rotatable bonds is 12. The third-order valence-electron chi connectivity index (χ3n) is 2.61. The lowest BCUT2D eigenvalue weighted by Crippen LogP contribution is -2.07. The molecule has 0 rings (SSSR count). The maximum atomic E-state index is 5.57. The maximum Gasteiger partial charge on any atom is 0.0466 e. The average molecular weight is 215 g/mol. The summed E-state index contributed by atoms with van der Waals surface area (Å²) < 4.78 is 5.57. The van der Waals surface area contributed by atoms with Gasteiger partial charge in [-0.25, -0.2) is 0 Å². The van der Waals surface area contributed by atoms with E-state index in [-0.39, 0.29) is 0 Å². The van der Waals surface area contributed by atoms with Crippen molar-refractivity contribution in [2.75, 3.05) is 26.8 Å². The molecule has 2 nitrogen and oxygen atoms in total. The SMILES string of the molecule is CCCCCCOCCCCCCNC. The Morgan fingerprint density at radius 3 is 2.00 bits per heavy atom. The van der Waals surface area contributed by atoms with Gasteiger partial charge in [0.15, 0.2) is 0 Å². The molecule has 2 heteroatoms. The van der Waals surface area contributed by atoms with Crippen LogP contribution < -0.4 is 5.32 Å². The van der Waals surface area contributed by atoms with Crippen molar-refractivity contribution in [2.24, 2.45) is 0 Å². The van der Waals surface area contributed by atoms with Crippen LogP contribution in [0.4, 0.5) is 0 Å². The standard InChI is InChI=1S/C13H29NO/c1-3-4-5-9-12-15-13-10-7-6-8-11-14-2/h14H,3-13H2,1-2H3.